The highest BCUT2D eigenvalue weighted by Gasteiger charge is 2.63. The highest BCUT2D eigenvalue weighted by molar-refractivity contribution is 6.53. The number of benzene rings is 4. The van der Waals surface area contributed by atoms with Crippen LogP contribution in [0.15, 0.2) is 75.8 Å². The third-order valence-corrected chi connectivity index (χ3v) is 24.8. The number of carbonyl (C=O) groups is 11. The monoisotopic (exact) mass is 1680 g/mol. The zero-order chi connectivity index (χ0) is 87.7. The second kappa shape index (κ2) is 31.2. The lowest BCUT2D eigenvalue weighted by molar-refractivity contribution is -0.207. The zero-order valence-electron chi connectivity index (χ0n) is 66.6. The number of aromatic hydroxyl groups is 6. The summed E-state index contributed by atoms with van der Waals surface area (Å²) in [6.07, 6.45) is -18.5. The Hall–Kier alpha value is -11.0. The smallest absolute Gasteiger partial charge is 0.507 e. The van der Waals surface area contributed by atoms with Crippen molar-refractivity contribution in [3.63, 3.8) is 0 Å². The molecule has 0 saturated carbocycles. The third kappa shape index (κ3) is 13.6. The van der Waals surface area contributed by atoms with Crippen LogP contribution in [0.2, 0.25) is 0 Å². The van der Waals surface area contributed by atoms with Crippen molar-refractivity contribution in [3.8, 4) is 34.5 Å². The minimum atomic E-state index is -2.02. The number of aliphatic hydroxyl groups is 6. The number of aliphatic hydroxyl groups excluding tert-OH is 5. The van der Waals surface area contributed by atoms with E-state index in [9.17, 15) is 114 Å². The number of hydrogen-bond donors (Lipinski definition) is 14. The number of ether oxygens (including phenoxy) is 11. The number of nitrogens with one attached hydrogen (secondary N) is 1. The highest BCUT2D eigenvalue weighted by Crippen LogP contribution is 2.58. The van der Waals surface area contributed by atoms with Crippen LogP contribution in [0, 0.1) is 12.8 Å². The summed E-state index contributed by atoms with van der Waals surface area (Å²) < 4.78 is 60.8. The molecule has 121 heavy (non-hydrogen) atoms. The Morgan fingerprint density at radius 1 is 0.512 bits per heavy atom. The van der Waals surface area contributed by atoms with Gasteiger partial charge in [0.15, 0.2) is 46.9 Å². The second-order valence-electron chi connectivity index (χ2n) is 32.4. The van der Waals surface area contributed by atoms with E-state index in [0.717, 1.165) is 0 Å². The maximum absolute atomic E-state index is 13.6. The van der Waals surface area contributed by atoms with Gasteiger partial charge in [0.2, 0.25) is 24.1 Å². The standard InChI is InChI=1S/C24H27NO8.C23H24O8.C21H20O12.C17H16O7/c1-9-16-18(23-24(31-9)33-11(3)32-23)21(28)14-6-5-13(20(27)17(14)22(16)29)15-7-12(8-25-4)19(26)10(2)30-15;1-8(24)4-12-5-11-6-13-17(21(27)16(11)9(2)30-12)22(28)19-18(20(13)26)14-7-15(25)23(19,29)10(3)31-14;1-4-8-12(19-20(31-4)33-21(29)32-19)16(26)10-11(14(8)24)18(28)17(27)9(15(10)25)7-3-6(22)13(23)5(2)30-7;1-6-3-10(18)13-14(15(6)21)17(23)12-7(2)24-8(5-11(19)20)4-9(12)16(13)22/h5-6,9-10,12,15,19,23-27H,3,7-8H2,1-2,4H3;6,9-10,12,14-15,25,27,29H,4-5,7H2,1-3H3;4-7,13,19-20,22-26H,3H2,1-2H3;3,7-8,18,21H,4-5H2,1-2H3,(H,19,20)/t9-,10-,12+,15?,19-,23-,24-;9-,10?,12-,14?,15?,23?;;7-,8+/m10.1/s1. The summed E-state index contributed by atoms with van der Waals surface area (Å²) in [5, 5.41) is 140. The minimum absolute atomic E-state index is 0.0104. The van der Waals surface area contributed by atoms with Gasteiger partial charge in [0.25, 0.3) is 5.95 Å². The molecule has 5 fully saturated rings. The molecule has 0 aromatic heterocycles. The summed E-state index contributed by atoms with van der Waals surface area (Å²) in [4.78, 5) is 140. The van der Waals surface area contributed by atoms with Crippen LogP contribution in [0.25, 0.3) is 5.76 Å². The molecule has 2 bridgehead atoms. The molecule has 0 radical (unpaired) electrons. The highest BCUT2D eigenvalue weighted by atomic mass is 16.8. The van der Waals surface area contributed by atoms with E-state index in [1.807, 2.05) is 0 Å². The number of fused-ring (bicyclic) bond motifs is 12. The quantitative estimate of drug-likeness (QED) is 0.0591. The van der Waals surface area contributed by atoms with Gasteiger partial charge < -0.3 is 124 Å². The molecule has 5 aliphatic carbocycles. The molecule has 22 atom stereocenters. The van der Waals surface area contributed by atoms with Crippen molar-refractivity contribution < 1.29 is 171 Å². The van der Waals surface area contributed by atoms with E-state index in [-0.39, 0.29) is 162 Å². The van der Waals surface area contributed by atoms with Gasteiger partial charge in [-0.2, -0.15) is 0 Å². The molecule has 642 valence electrons. The van der Waals surface area contributed by atoms with Crippen molar-refractivity contribution in [1.29, 1.82) is 0 Å². The number of hydrogen-bond acceptors (Lipinski definition) is 35. The summed E-state index contributed by atoms with van der Waals surface area (Å²) in [7, 11) is 1.81. The average molecular weight is 1680 g/mol. The molecule has 5 saturated heterocycles. The lowest BCUT2D eigenvalue weighted by atomic mass is 9.63. The van der Waals surface area contributed by atoms with E-state index in [2.05, 4.69) is 11.9 Å². The number of aryl methyl sites for hydroxylation is 1. The first-order valence-corrected chi connectivity index (χ1v) is 39.2. The van der Waals surface area contributed by atoms with E-state index in [4.69, 9.17) is 57.2 Å². The molecule has 14 N–H and O–H groups in total. The van der Waals surface area contributed by atoms with Crippen molar-refractivity contribution in [2.45, 2.75) is 235 Å². The molecular weight excluding hydrogens is 1590 g/mol. The van der Waals surface area contributed by atoms with Crippen LogP contribution in [0.3, 0.4) is 0 Å². The molecule has 0 amide bonds. The van der Waals surface area contributed by atoms with E-state index in [0.29, 0.717) is 36.1 Å². The van der Waals surface area contributed by atoms with Gasteiger partial charge in [-0.15, -0.1) is 0 Å². The first-order chi connectivity index (χ1) is 57.0. The minimum Gasteiger partial charge on any atom is -0.507 e. The maximum Gasteiger partial charge on any atom is 0.511 e. The van der Waals surface area contributed by atoms with Gasteiger partial charge in [-0.25, -0.2) is 4.79 Å². The molecule has 36 heteroatoms. The Labute approximate surface area is 686 Å². The topological polar surface area (TPSA) is 564 Å². The molecule has 4 aromatic rings. The van der Waals surface area contributed by atoms with Gasteiger partial charge in [0, 0.05) is 93.8 Å². The van der Waals surface area contributed by atoms with Gasteiger partial charge in [0.1, 0.15) is 57.7 Å². The van der Waals surface area contributed by atoms with E-state index in [1.54, 1.807) is 59.9 Å². The molecule has 4 aromatic carbocycles. The number of phenols is 6. The third-order valence-electron chi connectivity index (χ3n) is 24.8. The Morgan fingerprint density at radius 2 is 1.10 bits per heavy atom. The fourth-order valence-electron chi connectivity index (χ4n) is 19.2. The van der Waals surface area contributed by atoms with Crippen molar-refractivity contribution >= 4 is 69.9 Å². The van der Waals surface area contributed by atoms with Crippen molar-refractivity contribution in [1.82, 2.24) is 5.32 Å². The summed E-state index contributed by atoms with van der Waals surface area (Å²) in [6.45, 7) is 18.3. The lowest BCUT2D eigenvalue weighted by Crippen LogP contribution is -2.66. The van der Waals surface area contributed by atoms with Gasteiger partial charge in [-0.1, -0.05) is 6.07 Å². The first-order valence-electron chi connectivity index (χ1n) is 39.2. The van der Waals surface area contributed by atoms with E-state index in [1.165, 1.54) is 33.8 Å². The summed E-state index contributed by atoms with van der Waals surface area (Å²) in [6, 6.07) is 5.97. The summed E-state index contributed by atoms with van der Waals surface area (Å²) in [5.41, 5.74) is -2.26. The molecule has 10 heterocycles. The fourth-order valence-corrected chi connectivity index (χ4v) is 19.2. The summed E-state index contributed by atoms with van der Waals surface area (Å²) >= 11 is 0. The largest absolute Gasteiger partial charge is 0.511 e. The lowest BCUT2D eigenvalue weighted by Gasteiger charge is -2.52. The Bertz CT molecular complexity index is 5400. The van der Waals surface area contributed by atoms with Crippen molar-refractivity contribution in [2.24, 2.45) is 5.92 Å². The Kier molecular flexibility index (Phi) is 21.9. The number of carbonyl (C=O) groups excluding carboxylic acids is 10. The fraction of sp³-hybridized carbons (Fsp3) is 0.471. The van der Waals surface area contributed by atoms with Gasteiger partial charge >= 0.3 is 12.1 Å². The molecule has 36 nitrogen and oxygen atoms in total. The molecule has 12 unspecified atom stereocenters. The number of phenolic OH excluding ortho intramolecular Hbond substituents is 6. The van der Waals surface area contributed by atoms with E-state index < -0.39 is 214 Å². The molecular formula is C85H87NO35. The number of carboxylic acid groups (broad SMARTS) is 1. The van der Waals surface area contributed by atoms with Crippen LogP contribution in [0.5, 0.6) is 34.5 Å². The maximum atomic E-state index is 13.6. The zero-order valence-corrected chi connectivity index (χ0v) is 66.6. The van der Waals surface area contributed by atoms with E-state index >= 15 is 0 Å². The Morgan fingerprint density at radius 3 is 1.77 bits per heavy atom. The van der Waals surface area contributed by atoms with Gasteiger partial charge in [-0.3, -0.25) is 47.9 Å². The van der Waals surface area contributed by atoms with Crippen LogP contribution in [0.1, 0.15) is 230 Å². The average Bonchev–Trinajstić information content (AvgIpc) is 1.72. The Balaban J connectivity index is 0.000000126. The predicted molar refractivity (Wildman–Crippen MR) is 405 cm³/mol. The van der Waals surface area contributed by atoms with Crippen molar-refractivity contribution in [2.75, 3.05) is 13.6 Å². The van der Waals surface area contributed by atoms with Gasteiger partial charge in [0.05, 0.1) is 148 Å². The predicted octanol–water partition coefficient (Wildman–Crippen LogP) is 5.47. The molecule has 19 rings (SSSR count). The number of aliphatic carboxylic acids is 1. The second-order valence-corrected chi connectivity index (χ2v) is 32.4. The van der Waals surface area contributed by atoms with Crippen molar-refractivity contribution in [3.05, 3.63) is 154 Å². The van der Waals surface area contributed by atoms with Crippen LogP contribution < -0.4 is 5.32 Å². The number of carboxylic acids is 1. The summed E-state index contributed by atoms with van der Waals surface area (Å²) in [5.74, 6) is -10.4. The van der Waals surface area contributed by atoms with Crippen LogP contribution in [0.4, 0.5) is 4.79 Å². The normalized spacial score (nSPS) is 33.2. The first kappa shape index (κ1) is 85.0. The van der Waals surface area contributed by atoms with Gasteiger partial charge in [-0.05, 0) is 118 Å². The number of Topliss-reactive ketones (excluding diaryl/α,β-unsaturated/α-hetero) is 9. The molecule has 15 aliphatic rings. The number of ketones is 9. The molecule has 10 aliphatic heterocycles. The number of rotatable bonds is 8. The SMILES string of the molecule is C=C1O[C@H]2O[C@H](C)C3=C(C(=O)c4ccc(C5C[C@@H](CNC)[C@H](O)[C@@H](C)O5)c(O)c4C3=O)[C@H]2O1.CC(=O)C[C@H]1Cc2cc3c(c(O)c2[C@H](C)O1)C(=O)C1=C(C3=O)C2CC(O)C1(O)C(C)O2.CC1OC2OC(=O)OC2c2c(O)c3c(c(O)c21)C(=O)C(=O)C(C1CC(O)C(O)C(C)O1)=C3O.Cc1cc(O)c2c(c1O)C(=O)C1=C(C[C@@H](CC(=O)O)O[C@@H]1C)C2=O. The van der Waals surface area contributed by atoms with Crippen LogP contribution >= 0.6 is 0 Å². The van der Waals surface area contributed by atoms with Crippen LogP contribution in [-0.4, -0.2) is 248 Å². The molecule has 0 spiro atoms. The van der Waals surface area contributed by atoms with Crippen LogP contribution in [-0.2, 0) is 72.9 Å².